The van der Waals surface area contributed by atoms with E-state index in [1.165, 1.54) is 28.8 Å². The number of hydrogen-bond donors (Lipinski definition) is 1. The third-order valence-corrected chi connectivity index (χ3v) is 3.65. The summed E-state index contributed by atoms with van der Waals surface area (Å²) >= 11 is 0. The predicted octanol–water partition coefficient (Wildman–Crippen LogP) is 4.32. The second kappa shape index (κ2) is 5.31. The Morgan fingerprint density at radius 3 is 2.42 bits per heavy atom. The van der Waals surface area contributed by atoms with Crippen molar-refractivity contribution in [2.75, 3.05) is 6.54 Å². The van der Waals surface area contributed by atoms with E-state index in [1.807, 2.05) is 0 Å². The van der Waals surface area contributed by atoms with E-state index in [2.05, 4.69) is 72.9 Å². The van der Waals surface area contributed by atoms with Crippen LogP contribution in [0.25, 0.3) is 16.8 Å². The number of rotatable bonds is 2. The molecule has 96 valence electrons. The molecule has 0 spiro atoms. The van der Waals surface area contributed by atoms with Crippen LogP contribution in [-0.4, -0.2) is 6.54 Å². The van der Waals surface area contributed by atoms with Gasteiger partial charge >= 0.3 is 0 Å². The molecule has 1 aliphatic rings. The van der Waals surface area contributed by atoms with Crippen LogP contribution in [0.3, 0.4) is 0 Å². The summed E-state index contributed by atoms with van der Waals surface area (Å²) in [5.74, 6) is 0.664. The summed E-state index contributed by atoms with van der Waals surface area (Å²) in [6.07, 6.45) is 3.56. The average Bonchev–Trinajstić information content (AvgIpc) is 2.48. The van der Waals surface area contributed by atoms with Gasteiger partial charge in [-0.25, -0.2) is 0 Å². The molecule has 0 fully saturated rings. The number of benzene rings is 2. The van der Waals surface area contributed by atoms with E-state index >= 15 is 0 Å². The summed E-state index contributed by atoms with van der Waals surface area (Å²) in [7, 11) is 0. The zero-order valence-corrected chi connectivity index (χ0v) is 11.3. The van der Waals surface area contributed by atoms with Crippen molar-refractivity contribution in [3.63, 3.8) is 0 Å². The molecule has 1 aliphatic heterocycles. The Morgan fingerprint density at radius 1 is 0.895 bits per heavy atom. The standard InChI is InChI=1S/C18H19N/c1-14-10-11-19-18(12-14)17-9-5-8-16(13-17)15-6-3-2-4-7-15/h2-9,12-14,19H,10-11H2,1H3. The summed E-state index contributed by atoms with van der Waals surface area (Å²) in [6, 6.07) is 19.3. The van der Waals surface area contributed by atoms with E-state index < -0.39 is 0 Å². The highest BCUT2D eigenvalue weighted by Gasteiger charge is 2.10. The molecule has 1 nitrogen and oxygen atoms in total. The first kappa shape index (κ1) is 12.0. The molecule has 0 aromatic heterocycles. The van der Waals surface area contributed by atoms with Gasteiger partial charge in [0.25, 0.3) is 0 Å². The van der Waals surface area contributed by atoms with Crippen molar-refractivity contribution in [3.05, 3.63) is 66.2 Å². The largest absolute Gasteiger partial charge is 0.385 e. The van der Waals surface area contributed by atoms with Crippen LogP contribution >= 0.6 is 0 Å². The summed E-state index contributed by atoms with van der Waals surface area (Å²) in [4.78, 5) is 0. The third kappa shape index (κ3) is 2.70. The van der Waals surface area contributed by atoms with Crippen molar-refractivity contribution in [2.45, 2.75) is 13.3 Å². The van der Waals surface area contributed by atoms with Gasteiger partial charge < -0.3 is 5.32 Å². The molecule has 0 bridgehead atoms. The molecule has 0 radical (unpaired) electrons. The monoisotopic (exact) mass is 249 g/mol. The van der Waals surface area contributed by atoms with Crippen LogP contribution in [0.4, 0.5) is 0 Å². The van der Waals surface area contributed by atoms with Crippen molar-refractivity contribution in [3.8, 4) is 11.1 Å². The van der Waals surface area contributed by atoms with E-state index in [0.717, 1.165) is 6.54 Å². The van der Waals surface area contributed by atoms with Crippen molar-refractivity contribution in [1.29, 1.82) is 0 Å². The van der Waals surface area contributed by atoms with Gasteiger partial charge in [-0.1, -0.05) is 61.5 Å². The van der Waals surface area contributed by atoms with Gasteiger partial charge in [0.2, 0.25) is 0 Å². The molecule has 3 rings (SSSR count). The summed E-state index contributed by atoms with van der Waals surface area (Å²) in [5.41, 5.74) is 5.11. The van der Waals surface area contributed by atoms with E-state index in [4.69, 9.17) is 0 Å². The fraction of sp³-hybridized carbons (Fsp3) is 0.222. The predicted molar refractivity (Wildman–Crippen MR) is 81.6 cm³/mol. The van der Waals surface area contributed by atoms with Crippen molar-refractivity contribution in [1.82, 2.24) is 5.32 Å². The number of allylic oxidation sites excluding steroid dienone is 1. The maximum absolute atomic E-state index is 3.51. The zero-order valence-electron chi connectivity index (χ0n) is 11.3. The van der Waals surface area contributed by atoms with E-state index in [-0.39, 0.29) is 0 Å². The second-order valence-corrected chi connectivity index (χ2v) is 5.22. The first-order chi connectivity index (χ1) is 9.33. The van der Waals surface area contributed by atoms with Crippen LogP contribution in [0.2, 0.25) is 0 Å². The number of hydrogen-bond acceptors (Lipinski definition) is 1. The molecule has 1 N–H and O–H groups in total. The van der Waals surface area contributed by atoms with Gasteiger partial charge in [0, 0.05) is 12.2 Å². The molecular formula is C18H19N. The molecule has 0 saturated carbocycles. The Labute approximate surface area is 115 Å². The van der Waals surface area contributed by atoms with Crippen LogP contribution in [0.1, 0.15) is 18.9 Å². The highest BCUT2D eigenvalue weighted by molar-refractivity contribution is 5.72. The maximum atomic E-state index is 3.51. The fourth-order valence-electron chi connectivity index (χ4n) is 2.56. The van der Waals surface area contributed by atoms with Crippen LogP contribution < -0.4 is 5.32 Å². The van der Waals surface area contributed by atoms with Gasteiger partial charge in [0.1, 0.15) is 0 Å². The van der Waals surface area contributed by atoms with E-state index in [1.54, 1.807) is 0 Å². The van der Waals surface area contributed by atoms with Crippen LogP contribution in [0.5, 0.6) is 0 Å². The molecule has 1 heteroatoms. The third-order valence-electron chi connectivity index (χ3n) is 3.65. The quantitative estimate of drug-likeness (QED) is 0.835. The lowest BCUT2D eigenvalue weighted by Gasteiger charge is -2.20. The Balaban J connectivity index is 1.97. The summed E-state index contributed by atoms with van der Waals surface area (Å²) in [5, 5.41) is 3.51. The fourth-order valence-corrected chi connectivity index (χ4v) is 2.56. The van der Waals surface area contributed by atoms with Crippen molar-refractivity contribution in [2.24, 2.45) is 5.92 Å². The summed E-state index contributed by atoms with van der Waals surface area (Å²) in [6.45, 7) is 3.35. The Hall–Kier alpha value is -2.02. The van der Waals surface area contributed by atoms with Crippen molar-refractivity contribution >= 4 is 5.70 Å². The lowest BCUT2D eigenvalue weighted by Crippen LogP contribution is -2.21. The first-order valence-corrected chi connectivity index (χ1v) is 6.94. The number of nitrogens with one attached hydrogen (secondary N) is 1. The normalized spacial score (nSPS) is 18.6. The molecule has 1 unspecified atom stereocenters. The van der Waals surface area contributed by atoms with Crippen LogP contribution in [0.15, 0.2) is 60.7 Å². The van der Waals surface area contributed by atoms with Crippen molar-refractivity contribution < 1.29 is 0 Å². The molecule has 2 aromatic rings. The van der Waals surface area contributed by atoms with Gasteiger partial charge in [0.05, 0.1) is 0 Å². The van der Waals surface area contributed by atoms with E-state index in [0.29, 0.717) is 5.92 Å². The van der Waals surface area contributed by atoms with Gasteiger partial charge in [-0.3, -0.25) is 0 Å². The Morgan fingerprint density at radius 2 is 1.63 bits per heavy atom. The van der Waals surface area contributed by atoms with Crippen LogP contribution in [0, 0.1) is 5.92 Å². The smallest absolute Gasteiger partial charge is 0.0376 e. The second-order valence-electron chi connectivity index (χ2n) is 5.22. The Kier molecular flexibility index (Phi) is 3.37. The lowest BCUT2D eigenvalue weighted by atomic mass is 9.97. The van der Waals surface area contributed by atoms with Gasteiger partial charge in [-0.05, 0) is 35.1 Å². The minimum absolute atomic E-state index is 0.664. The Bertz CT molecular complexity index is 584. The summed E-state index contributed by atoms with van der Waals surface area (Å²) < 4.78 is 0. The van der Waals surface area contributed by atoms with Gasteiger partial charge in [0.15, 0.2) is 0 Å². The topological polar surface area (TPSA) is 12.0 Å². The molecule has 0 aliphatic carbocycles. The molecule has 1 heterocycles. The molecule has 0 saturated heterocycles. The minimum Gasteiger partial charge on any atom is -0.385 e. The van der Waals surface area contributed by atoms with Gasteiger partial charge in [-0.2, -0.15) is 0 Å². The highest BCUT2D eigenvalue weighted by Crippen LogP contribution is 2.25. The minimum atomic E-state index is 0.664. The maximum Gasteiger partial charge on any atom is 0.0376 e. The highest BCUT2D eigenvalue weighted by atomic mass is 14.9. The molecule has 2 aromatic carbocycles. The molecule has 0 amide bonds. The van der Waals surface area contributed by atoms with E-state index in [9.17, 15) is 0 Å². The zero-order chi connectivity index (χ0) is 13.1. The van der Waals surface area contributed by atoms with Gasteiger partial charge in [-0.15, -0.1) is 0 Å². The first-order valence-electron chi connectivity index (χ1n) is 6.94. The molecular weight excluding hydrogens is 230 g/mol. The van der Waals surface area contributed by atoms with Crippen LogP contribution in [-0.2, 0) is 0 Å². The average molecular weight is 249 g/mol. The lowest BCUT2D eigenvalue weighted by molar-refractivity contribution is 0.600. The molecule has 19 heavy (non-hydrogen) atoms. The SMILES string of the molecule is CC1C=C(c2cccc(-c3ccccc3)c2)NCC1. The molecule has 1 atom stereocenters.